The minimum absolute atomic E-state index is 0.0724. The molecule has 0 saturated carbocycles. The maximum absolute atomic E-state index is 12.3. The first-order chi connectivity index (χ1) is 8.56. The Morgan fingerprint density at radius 3 is 2.72 bits per heavy atom. The summed E-state index contributed by atoms with van der Waals surface area (Å²) in [7, 11) is 0. The van der Waals surface area contributed by atoms with Crippen molar-refractivity contribution in [1.29, 1.82) is 0 Å². The molecule has 1 atom stereocenters. The largest absolute Gasteiger partial charge is 0.493 e. The van der Waals surface area contributed by atoms with Crippen molar-refractivity contribution in [3.8, 4) is 5.88 Å². The summed E-state index contributed by atoms with van der Waals surface area (Å²) in [5, 5.41) is 10.3. The smallest absolute Gasteiger partial charge is 0.261 e. The van der Waals surface area contributed by atoms with Gasteiger partial charge in [0.15, 0.2) is 5.16 Å². The van der Waals surface area contributed by atoms with Gasteiger partial charge in [-0.15, -0.1) is 6.58 Å². The van der Waals surface area contributed by atoms with E-state index in [2.05, 4.69) is 11.6 Å². The molecule has 1 heterocycles. The van der Waals surface area contributed by atoms with E-state index in [1.165, 1.54) is 11.8 Å². The van der Waals surface area contributed by atoms with E-state index in [1.807, 2.05) is 20.8 Å². The average molecular weight is 268 g/mol. The number of aromatic hydroxyl groups is 1. The monoisotopic (exact) mass is 268 g/mol. The van der Waals surface area contributed by atoms with Crippen molar-refractivity contribution in [2.45, 2.75) is 44.8 Å². The lowest BCUT2D eigenvalue weighted by atomic mass is 10.2. The van der Waals surface area contributed by atoms with Crippen LogP contribution in [-0.4, -0.2) is 20.4 Å². The van der Waals surface area contributed by atoms with Gasteiger partial charge in [0.25, 0.3) is 5.56 Å². The molecule has 0 aliphatic carbocycles. The molecular weight excluding hydrogens is 248 g/mol. The predicted molar refractivity (Wildman–Crippen MR) is 75.5 cm³/mol. The second-order valence-electron chi connectivity index (χ2n) is 4.08. The first-order valence-corrected chi connectivity index (χ1v) is 7.13. The minimum atomic E-state index is -0.145. The normalized spacial score (nSPS) is 12.4. The summed E-state index contributed by atoms with van der Waals surface area (Å²) in [5.74, 6) is 0.516. The van der Waals surface area contributed by atoms with Gasteiger partial charge in [-0.25, -0.2) is 0 Å². The van der Waals surface area contributed by atoms with Gasteiger partial charge < -0.3 is 5.11 Å². The van der Waals surface area contributed by atoms with Gasteiger partial charge in [0, 0.05) is 11.8 Å². The van der Waals surface area contributed by atoms with E-state index < -0.39 is 0 Å². The highest BCUT2D eigenvalue weighted by molar-refractivity contribution is 7.99. The molecule has 5 heteroatoms. The molecule has 0 aliphatic heterocycles. The van der Waals surface area contributed by atoms with Crippen molar-refractivity contribution >= 4 is 11.8 Å². The van der Waals surface area contributed by atoms with Crippen LogP contribution in [0.2, 0.25) is 0 Å². The van der Waals surface area contributed by atoms with Gasteiger partial charge in [0.2, 0.25) is 5.88 Å². The van der Waals surface area contributed by atoms with E-state index in [-0.39, 0.29) is 17.5 Å². The molecule has 0 bridgehead atoms. The molecule has 0 aliphatic rings. The van der Waals surface area contributed by atoms with Crippen LogP contribution in [0, 0.1) is 0 Å². The van der Waals surface area contributed by atoms with Crippen LogP contribution in [-0.2, 0) is 6.42 Å². The lowest BCUT2D eigenvalue weighted by Crippen LogP contribution is -2.28. The summed E-state index contributed by atoms with van der Waals surface area (Å²) in [6.45, 7) is 9.50. The zero-order chi connectivity index (χ0) is 13.7. The molecule has 4 nitrogen and oxygen atoms in total. The molecular formula is C13H20N2O2S. The van der Waals surface area contributed by atoms with Gasteiger partial charge in [-0.2, -0.15) is 4.98 Å². The third-order valence-corrected chi connectivity index (χ3v) is 3.82. The van der Waals surface area contributed by atoms with Gasteiger partial charge in [0.05, 0.1) is 5.56 Å². The highest BCUT2D eigenvalue weighted by Gasteiger charge is 2.17. The average Bonchev–Trinajstić information content (AvgIpc) is 2.35. The molecule has 1 rings (SSSR count). The third-order valence-electron chi connectivity index (χ3n) is 2.87. The fourth-order valence-electron chi connectivity index (χ4n) is 1.66. The standard InChI is InChI=1S/C13H20N2O2S/c1-5-8-18-13-14-11(16)10(7-3)12(17)15(13)9(4)6-2/h5,9,16H,1,6-8H2,2-4H3/t9-/m0/s1. The zero-order valence-corrected chi connectivity index (χ0v) is 12.0. The summed E-state index contributed by atoms with van der Waals surface area (Å²) < 4.78 is 1.67. The Labute approximate surface area is 112 Å². The summed E-state index contributed by atoms with van der Waals surface area (Å²) >= 11 is 1.41. The fraction of sp³-hybridized carbons (Fsp3) is 0.538. The van der Waals surface area contributed by atoms with E-state index in [4.69, 9.17) is 0 Å². The molecule has 0 spiro atoms. The number of rotatable bonds is 6. The first kappa shape index (κ1) is 14.8. The Morgan fingerprint density at radius 2 is 2.22 bits per heavy atom. The summed E-state index contributed by atoms with van der Waals surface area (Å²) in [4.78, 5) is 16.5. The topological polar surface area (TPSA) is 55.1 Å². The van der Waals surface area contributed by atoms with Crippen LogP contribution in [0.25, 0.3) is 0 Å². The van der Waals surface area contributed by atoms with Gasteiger partial charge in [-0.1, -0.05) is 31.7 Å². The lowest BCUT2D eigenvalue weighted by Gasteiger charge is -2.18. The Bertz CT molecular complexity index is 483. The van der Waals surface area contributed by atoms with E-state index in [0.717, 1.165) is 6.42 Å². The fourth-order valence-corrected chi connectivity index (χ4v) is 2.48. The van der Waals surface area contributed by atoms with Crippen LogP contribution in [0.15, 0.2) is 22.6 Å². The van der Waals surface area contributed by atoms with E-state index >= 15 is 0 Å². The Balaban J connectivity index is 3.40. The van der Waals surface area contributed by atoms with Crippen molar-refractivity contribution in [2.24, 2.45) is 0 Å². The van der Waals surface area contributed by atoms with Gasteiger partial charge >= 0.3 is 0 Å². The highest BCUT2D eigenvalue weighted by atomic mass is 32.2. The molecule has 100 valence electrons. The number of hydrogen-bond acceptors (Lipinski definition) is 4. The van der Waals surface area contributed by atoms with Gasteiger partial charge in [-0.05, 0) is 19.8 Å². The van der Waals surface area contributed by atoms with Crippen molar-refractivity contribution in [3.63, 3.8) is 0 Å². The molecule has 0 amide bonds. The SMILES string of the molecule is C=CCSc1nc(O)c(CC)c(=O)n1[C@@H](C)CC. The summed E-state index contributed by atoms with van der Waals surface area (Å²) in [6, 6.07) is 0.0724. The minimum Gasteiger partial charge on any atom is -0.493 e. The van der Waals surface area contributed by atoms with Crippen molar-refractivity contribution in [3.05, 3.63) is 28.6 Å². The number of hydrogen-bond donors (Lipinski definition) is 1. The second-order valence-corrected chi connectivity index (χ2v) is 5.07. The molecule has 0 saturated heterocycles. The Hall–Kier alpha value is -1.23. The number of nitrogens with zero attached hydrogens (tertiary/aromatic N) is 2. The van der Waals surface area contributed by atoms with Crippen LogP contribution in [0.1, 0.15) is 38.8 Å². The van der Waals surface area contributed by atoms with Crippen LogP contribution in [0.3, 0.4) is 0 Å². The third kappa shape index (κ3) is 2.96. The predicted octanol–water partition coefficient (Wildman–Crippen LogP) is 2.76. The van der Waals surface area contributed by atoms with Crippen LogP contribution < -0.4 is 5.56 Å². The molecule has 0 fully saturated rings. The zero-order valence-electron chi connectivity index (χ0n) is 11.1. The van der Waals surface area contributed by atoms with Crippen LogP contribution in [0.5, 0.6) is 5.88 Å². The van der Waals surface area contributed by atoms with Crippen LogP contribution in [0.4, 0.5) is 0 Å². The molecule has 0 aromatic carbocycles. The lowest BCUT2D eigenvalue weighted by molar-refractivity contribution is 0.402. The maximum Gasteiger partial charge on any atom is 0.261 e. The van der Waals surface area contributed by atoms with Crippen LogP contribution >= 0.6 is 11.8 Å². The van der Waals surface area contributed by atoms with E-state index in [1.54, 1.807) is 10.6 Å². The second kappa shape index (κ2) is 6.64. The van der Waals surface area contributed by atoms with Crippen molar-refractivity contribution in [2.75, 3.05) is 5.75 Å². The van der Waals surface area contributed by atoms with Gasteiger partial charge in [-0.3, -0.25) is 9.36 Å². The van der Waals surface area contributed by atoms with Gasteiger partial charge in [0.1, 0.15) is 0 Å². The highest BCUT2D eigenvalue weighted by Crippen LogP contribution is 2.23. The molecule has 1 aromatic rings. The summed E-state index contributed by atoms with van der Waals surface area (Å²) in [5.41, 5.74) is 0.254. The van der Waals surface area contributed by atoms with Crippen molar-refractivity contribution < 1.29 is 5.11 Å². The summed E-state index contributed by atoms with van der Waals surface area (Å²) in [6.07, 6.45) is 3.08. The molecule has 18 heavy (non-hydrogen) atoms. The maximum atomic E-state index is 12.3. The Morgan fingerprint density at radius 1 is 1.56 bits per heavy atom. The molecule has 1 aromatic heterocycles. The number of aromatic nitrogens is 2. The van der Waals surface area contributed by atoms with Crippen molar-refractivity contribution in [1.82, 2.24) is 9.55 Å². The molecule has 1 N–H and O–H groups in total. The number of thioether (sulfide) groups is 1. The Kier molecular flexibility index (Phi) is 5.47. The first-order valence-electron chi connectivity index (χ1n) is 6.14. The molecule has 0 radical (unpaired) electrons. The van der Waals surface area contributed by atoms with E-state index in [9.17, 15) is 9.90 Å². The molecule has 0 unspecified atom stereocenters. The van der Waals surface area contributed by atoms with E-state index in [0.29, 0.717) is 22.9 Å². The quantitative estimate of drug-likeness (QED) is 0.489.